The van der Waals surface area contributed by atoms with E-state index in [1.165, 1.54) is 5.56 Å². The predicted molar refractivity (Wildman–Crippen MR) is 98.3 cm³/mol. The lowest BCUT2D eigenvalue weighted by molar-refractivity contribution is -0.131. The molecule has 0 spiro atoms. The molecular weight excluding hydrogens is 328 g/mol. The van der Waals surface area contributed by atoms with Crippen LogP contribution in [0.15, 0.2) is 59.4 Å². The Bertz CT molecular complexity index is 818. The molecule has 3 rings (SSSR count). The van der Waals surface area contributed by atoms with E-state index in [4.69, 9.17) is 4.52 Å². The number of aromatic nitrogens is 3. The van der Waals surface area contributed by atoms with Gasteiger partial charge in [-0.2, -0.15) is 4.98 Å². The fourth-order valence-electron chi connectivity index (χ4n) is 2.71. The Morgan fingerprint density at radius 1 is 1.08 bits per heavy atom. The first-order valence-electron chi connectivity index (χ1n) is 8.81. The molecule has 1 amide bonds. The molecule has 0 aliphatic heterocycles. The summed E-state index contributed by atoms with van der Waals surface area (Å²) in [7, 11) is 0. The molecule has 0 bridgehead atoms. The summed E-state index contributed by atoms with van der Waals surface area (Å²) in [6, 6.07) is 13.8. The molecule has 6 nitrogen and oxygen atoms in total. The first kappa shape index (κ1) is 17.8. The summed E-state index contributed by atoms with van der Waals surface area (Å²) in [5.41, 5.74) is 2.08. The van der Waals surface area contributed by atoms with Crippen molar-refractivity contribution >= 4 is 5.91 Å². The van der Waals surface area contributed by atoms with Gasteiger partial charge in [0.25, 0.3) is 0 Å². The van der Waals surface area contributed by atoms with Gasteiger partial charge in [0.05, 0.1) is 0 Å². The minimum atomic E-state index is 0.104. The molecule has 134 valence electrons. The van der Waals surface area contributed by atoms with E-state index in [1.54, 1.807) is 12.4 Å². The first-order valence-corrected chi connectivity index (χ1v) is 8.81. The van der Waals surface area contributed by atoms with E-state index in [1.807, 2.05) is 42.2 Å². The second kappa shape index (κ2) is 8.89. The van der Waals surface area contributed by atoms with Gasteiger partial charge in [0.2, 0.25) is 17.6 Å². The molecular formula is C20H22N4O2. The van der Waals surface area contributed by atoms with Gasteiger partial charge in [-0.05, 0) is 31.0 Å². The minimum absolute atomic E-state index is 0.104. The Labute approximate surface area is 152 Å². The maximum absolute atomic E-state index is 12.5. The molecule has 3 aromatic rings. The van der Waals surface area contributed by atoms with Crippen molar-refractivity contribution in [3.8, 4) is 11.4 Å². The van der Waals surface area contributed by atoms with Crippen LogP contribution in [0.5, 0.6) is 0 Å². The van der Waals surface area contributed by atoms with Crippen LogP contribution in [0.3, 0.4) is 0 Å². The molecule has 0 radical (unpaired) electrons. The molecule has 0 saturated carbocycles. The number of carbonyl (C=O) groups is 1. The molecule has 0 N–H and O–H groups in total. The molecule has 0 aliphatic rings. The van der Waals surface area contributed by atoms with Gasteiger partial charge in [-0.3, -0.25) is 9.78 Å². The first-order chi connectivity index (χ1) is 12.8. The van der Waals surface area contributed by atoms with Crippen LogP contribution < -0.4 is 0 Å². The number of aryl methyl sites for hydroxylation is 1. The van der Waals surface area contributed by atoms with Crippen molar-refractivity contribution in [2.24, 2.45) is 0 Å². The Hall–Kier alpha value is -3.02. The summed E-state index contributed by atoms with van der Waals surface area (Å²) in [6.45, 7) is 3.40. The van der Waals surface area contributed by atoms with Gasteiger partial charge in [-0.1, -0.05) is 35.5 Å². The number of pyridine rings is 1. The summed E-state index contributed by atoms with van der Waals surface area (Å²) < 4.78 is 5.26. The molecule has 2 heterocycles. The average Bonchev–Trinajstić information content (AvgIpc) is 3.17. The lowest BCUT2D eigenvalue weighted by atomic mass is 10.1. The van der Waals surface area contributed by atoms with Gasteiger partial charge in [0.15, 0.2) is 0 Å². The largest absolute Gasteiger partial charge is 0.343 e. The van der Waals surface area contributed by atoms with Crippen molar-refractivity contribution in [2.75, 3.05) is 13.1 Å². The molecule has 0 saturated heterocycles. The molecule has 1 aromatic carbocycles. The van der Waals surface area contributed by atoms with Crippen molar-refractivity contribution in [1.82, 2.24) is 20.0 Å². The van der Waals surface area contributed by atoms with Crippen molar-refractivity contribution in [3.05, 3.63) is 66.3 Å². The van der Waals surface area contributed by atoms with Crippen molar-refractivity contribution in [1.29, 1.82) is 0 Å². The van der Waals surface area contributed by atoms with Crippen LogP contribution in [0, 0.1) is 0 Å². The molecule has 6 heteroatoms. The number of carbonyl (C=O) groups excluding carboxylic acids is 1. The lowest BCUT2D eigenvalue weighted by Crippen LogP contribution is -2.32. The number of hydrogen-bond donors (Lipinski definition) is 0. The highest BCUT2D eigenvalue weighted by Gasteiger charge is 2.14. The summed E-state index contributed by atoms with van der Waals surface area (Å²) in [6.07, 6.45) is 5.02. The van der Waals surface area contributed by atoms with Gasteiger partial charge in [-0.15, -0.1) is 0 Å². The van der Waals surface area contributed by atoms with E-state index in [0.29, 0.717) is 37.6 Å². The van der Waals surface area contributed by atoms with Crippen molar-refractivity contribution < 1.29 is 9.32 Å². The van der Waals surface area contributed by atoms with E-state index in [2.05, 4.69) is 27.3 Å². The maximum atomic E-state index is 12.5. The van der Waals surface area contributed by atoms with Gasteiger partial charge in [0.1, 0.15) is 0 Å². The van der Waals surface area contributed by atoms with Crippen LogP contribution in [0.4, 0.5) is 0 Å². The highest BCUT2D eigenvalue weighted by Crippen LogP contribution is 2.15. The minimum Gasteiger partial charge on any atom is -0.343 e. The zero-order chi connectivity index (χ0) is 18.2. The number of amides is 1. The fraction of sp³-hybridized carbons (Fsp3) is 0.300. The predicted octanol–water partition coefficient (Wildman–Crippen LogP) is 3.16. The normalized spacial score (nSPS) is 10.7. The highest BCUT2D eigenvalue weighted by molar-refractivity contribution is 5.76. The lowest BCUT2D eigenvalue weighted by Gasteiger charge is -2.20. The number of nitrogens with zero attached hydrogens (tertiary/aromatic N) is 4. The standard InChI is InChI=1S/C20H22N4O2/c1-2-24(15-12-16-6-4-3-5-7-16)19(25)9-8-18-22-20(23-26-18)17-10-13-21-14-11-17/h3-7,10-11,13-14H,2,8-9,12,15H2,1H3. The topological polar surface area (TPSA) is 72.1 Å². The zero-order valence-electron chi connectivity index (χ0n) is 14.8. The van der Waals surface area contributed by atoms with Crippen LogP contribution in [-0.2, 0) is 17.6 Å². The Morgan fingerprint density at radius 2 is 1.85 bits per heavy atom. The summed E-state index contributed by atoms with van der Waals surface area (Å²) >= 11 is 0. The van der Waals surface area contributed by atoms with E-state index < -0.39 is 0 Å². The number of likely N-dealkylation sites (N-methyl/N-ethyl adjacent to an activating group) is 1. The van der Waals surface area contributed by atoms with Crippen LogP contribution in [0.2, 0.25) is 0 Å². The second-order valence-corrected chi connectivity index (χ2v) is 5.96. The molecule has 0 atom stereocenters. The molecule has 2 aromatic heterocycles. The van der Waals surface area contributed by atoms with Gasteiger partial charge < -0.3 is 9.42 Å². The van der Waals surface area contributed by atoms with Crippen LogP contribution in [-0.4, -0.2) is 39.0 Å². The number of rotatable bonds is 8. The fourth-order valence-corrected chi connectivity index (χ4v) is 2.71. The summed E-state index contributed by atoms with van der Waals surface area (Å²) in [5.74, 6) is 1.10. The number of hydrogen-bond acceptors (Lipinski definition) is 5. The monoisotopic (exact) mass is 350 g/mol. The van der Waals surface area contributed by atoms with E-state index in [9.17, 15) is 4.79 Å². The third kappa shape index (κ3) is 4.75. The van der Waals surface area contributed by atoms with Crippen molar-refractivity contribution in [3.63, 3.8) is 0 Å². The van der Waals surface area contributed by atoms with Gasteiger partial charge in [0, 0.05) is 43.9 Å². The third-order valence-electron chi connectivity index (χ3n) is 4.21. The molecule has 0 unspecified atom stereocenters. The van der Waals surface area contributed by atoms with E-state index >= 15 is 0 Å². The average molecular weight is 350 g/mol. The van der Waals surface area contributed by atoms with Crippen LogP contribution >= 0.6 is 0 Å². The van der Waals surface area contributed by atoms with Gasteiger partial charge in [-0.25, -0.2) is 0 Å². The maximum Gasteiger partial charge on any atom is 0.227 e. The Morgan fingerprint density at radius 3 is 2.58 bits per heavy atom. The molecule has 26 heavy (non-hydrogen) atoms. The Kier molecular flexibility index (Phi) is 6.09. The van der Waals surface area contributed by atoms with Crippen LogP contribution in [0.1, 0.15) is 24.8 Å². The molecule has 0 fully saturated rings. The van der Waals surface area contributed by atoms with Crippen molar-refractivity contribution in [2.45, 2.75) is 26.2 Å². The quantitative estimate of drug-likeness (QED) is 0.624. The third-order valence-corrected chi connectivity index (χ3v) is 4.21. The van der Waals surface area contributed by atoms with E-state index in [-0.39, 0.29) is 5.91 Å². The SMILES string of the molecule is CCN(CCc1ccccc1)C(=O)CCc1nc(-c2ccncc2)no1. The summed E-state index contributed by atoms with van der Waals surface area (Å²) in [5, 5.41) is 3.97. The zero-order valence-corrected chi connectivity index (χ0v) is 14.8. The molecule has 0 aliphatic carbocycles. The van der Waals surface area contributed by atoms with E-state index in [0.717, 1.165) is 12.0 Å². The number of benzene rings is 1. The smallest absolute Gasteiger partial charge is 0.227 e. The van der Waals surface area contributed by atoms with Crippen LogP contribution in [0.25, 0.3) is 11.4 Å². The summed E-state index contributed by atoms with van der Waals surface area (Å²) in [4.78, 5) is 22.7. The van der Waals surface area contributed by atoms with Gasteiger partial charge >= 0.3 is 0 Å². The second-order valence-electron chi connectivity index (χ2n) is 5.96. The Balaban J connectivity index is 1.51. The highest BCUT2D eigenvalue weighted by atomic mass is 16.5.